The van der Waals surface area contributed by atoms with E-state index in [1.807, 2.05) is 13.0 Å². The summed E-state index contributed by atoms with van der Waals surface area (Å²) < 4.78 is 42.4. The van der Waals surface area contributed by atoms with E-state index in [0.29, 0.717) is 33.9 Å². The van der Waals surface area contributed by atoms with Crippen molar-refractivity contribution in [3.05, 3.63) is 89.8 Å². The summed E-state index contributed by atoms with van der Waals surface area (Å²) in [5.74, 6) is 0.576. The molecule has 0 bridgehead atoms. The van der Waals surface area contributed by atoms with E-state index in [9.17, 15) is 13.2 Å². The van der Waals surface area contributed by atoms with Crippen LogP contribution in [0, 0.1) is 6.92 Å². The van der Waals surface area contributed by atoms with Crippen molar-refractivity contribution in [1.82, 2.24) is 4.98 Å². The number of hydrogen-bond acceptors (Lipinski definition) is 8. The molecule has 35 heavy (non-hydrogen) atoms. The first-order valence-electron chi connectivity index (χ1n) is 10.7. The fraction of sp³-hybridized carbons (Fsp3) is 0.154. The number of ether oxygens (including phenoxy) is 2. The van der Waals surface area contributed by atoms with Crippen LogP contribution in [0.2, 0.25) is 0 Å². The Morgan fingerprint density at radius 1 is 1.06 bits per heavy atom. The Bertz CT molecular complexity index is 1450. The van der Waals surface area contributed by atoms with Crippen molar-refractivity contribution in [2.45, 2.75) is 23.4 Å². The average Bonchev–Trinajstić information content (AvgIpc) is 3.42. The van der Waals surface area contributed by atoms with E-state index in [1.54, 1.807) is 48.7 Å². The Morgan fingerprint density at radius 2 is 1.83 bits per heavy atom. The van der Waals surface area contributed by atoms with Crippen LogP contribution in [0.15, 0.2) is 87.5 Å². The van der Waals surface area contributed by atoms with Crippen molar-refractivity contribution >= 4 is 21.5 Å². The average molecular weight is 493 g/mol. The second-order valence-electron chi connectivity index (χ2n) is 7.70. The van der Waals surface area contributed by atoms with Crippen LogP contribution < -0.4 is 10.1 Å². The molecule has 0 amide bonds. The molecule has 0 aliphatic carbocycles. The first-order chi connectivity index (χ1) is 16.8. The number of anilines is 1. The number of rotatable bonds is 8. The molecule has 4 rings (SSSR count). The van der Waals surface area contributed by atoms with Crippen LogP contribution in [0.4, 0.5) is 5.69 Å². The SMILES string of the molecule is COC(=O)c1cc(C)cc(-c2ccco2)c1NCc1cccnc1S(=O)(=O)c1ccc(OC)cc1. The Kier molecular flexibility index (Phi) is 6.88. The van der Waals surface area contributed by atoms with Crippen molar-refractivity contribution in [3.63, 3.8) is 0 Å². The standard InChI is InChI=1S/C26H24N2O6S/c1-17-14-21(23-7-5-13-34-23)24(22(15-17)26(29)33-3)28-16-18-6-4-12-27-25(18)35(30,31)20-10-8-19(32-2)9-11-20/h4-15,28H,16H2,1-3H3. The molecule has 0 aliphatic rings. The maximum Gasteiger partial charge on any atom is 0.339 e. The number of nitrogens with zero attached hydrogens (tertiary/aromatic N) is 1. The summed E-state index contributed by atoms with van der Waals surface area (Å²) in [7, 11) is -1.09. The van der Waals surface area contributed by atoms with Gasteiger partial charge in [-0.3, -0.25) is 0 Å². The number of carbonyl (C=O) groups excluding carboxylic acids is 1. The Morgan fingerprint density at radius 3 is 2.49 bits per heavy atom. The minimum Gasteiger partial charge on any atom is -0.497 e. The van der Waals surface area contributed by atoms with Gasteiger partial charge >= 0.3 is 5.97 Å². The maximum atomic E-state index is 13.4. The van der Waals surface area contributed by atoms with Gasteiger partial charge < -0.3 is 19.2 Å². The third kappa shape index (κ3) is 4.90. The highest BCUT2D eigenvalue weighted by atomic mass is 32.2. The summed E-state index contributed by atoms with van der Waals surface area (Å²) in [6.45, 7) is 1.95. The summed E-state index contributed by atoms with van der Waals surface area (Å²) in [5.41, 5.74) is 2.70. The lowest BCUT2D eigenvalue weighted by molar-refractivity contribution is 0.0601. The van der Waals surface area contributed by atoms with E-state index >= 15 is 0 Å². The van der Waals surface area contributed by atoms with Gasteiger partial charge in [-0.05, 0) is 67.1 Å². The number of aryl methyl sites for hydroxylation is 1. The first-order valence-corrected chi connectivity index (χ1v) is 12.2. The number of aromatic nitrogens is 1. The summed E-state index contributed by atoms with van der Waals surface area (Å²) in [6, 6.07) is 16.6. The van der Waals surface area contributed by atoms with Gasteiger partial charge in [0.15, 0.2) is 5.03 Å². The molecule has 0 unspecified atom stereocenters. The van der Waals surface area contributed by atoms with E-state index in [2.05, 4.69) is 10.3 Å². The highest BCUT2D eigenvalue weighted by Gasteiger charge is 2.24. The zero-order valence-electron chi connectivity index (χ0n) is 19.4. The lowest BCUT2D eigenvalue weighted by Crippen LogP contribution is -2.13. The number of benzene rings is 2. The zero-order valence-corrected chi connectivity index (χ0v) is 20.3. The minimum absolute atomic E-state index is 0.0797. The van der Waals surface area contributed by atoms with Crippen molar-refractivity contribution in [1.29, 1.82) is 0 Å². The third-order valence-electron chi connectivity index (χ3n) is 5.40. The smallest absolute Gasteiger partial charge is 0.339 e. The normalized spacial score (nSPS) is 11.2. The lowest BCUT2D eigenvalue weighted by Gasteiger charge is -2.17. The number of hydrogen-bond donors (Lipinski definition) is 1. The number of carbonyl (C=O) groups is 1. The van der Waals surface area contributed by atoms with Gasteiger partial charge in [0.05, 0.1) is 36.6 Å². The molecule has 8 nitrogen and oxygen atoms in total. The van der Waals surface area contributed by atoms with Gasteiger partial charge in [0.1, 0.15) is 11.5 Å². The van der Waals surface area contributed by atoms with Crippen LogP contribution in [0.25, 0.3) is 11.3 Å². The van der Waals surface area contributed by atoms with Crippen LogP contribution in [-0.2, 0) is 21.1 Å². The Labute approximate surface area is 203 Å². The highest BCUT2D eigenvalue weighted by molar-refractivity contribution is 7.91. The lowest BCUT2D eigenvalue weighted by atomic mass is 10.0. The van der Waals surface area contributed by atoms with Crippen LogP contribution in [-0.4, -0.2) is 33.6 Å². The van der Waals surface area contributed by atoms with Gasteiger partial charge in [-0.25, -0.2) is 18.2 Å². The third-order valence-corrected chi connectivity index (χ3v) is 7.17. The fourth-order valence-corrected chi connectivity index (χ4v) is 5.13. The molecule has 0 atom stereocenters. The molecule has 2 aromatic heterocycles. The summed E-state index contributed by atoms with van der Waals surface area (Å²) in [6.07, 6.45) is 2.97. The Balaban J connectivity index is 1.74. The van der Waals surface area contributed by atoms with Crippen molar-refractivity contribution in [2.24, 2.45) is 0 Å². The predicted molar refractivity (Wildman–Crippen MR) is 130 cm³/mol. The van der Waals surface area contributed by atoms with Gasteiger partial charge in [-0.15, -0.1) is 0 Å². The van der Waals surface area contributed by atoms with E-state index in [4.69, 9.17) is 13.9 Å². The number of methoxy groups -OCH3 is 2. The molecule has 1 N–H and O–H groups in total. The van der Waals surface area contributed by atoms with Gasteiger partial charge in [0.2, 0.25) is 9.84 Å². The van der Waals surface area contributed by atoms with E-state index in [-0.39, 0.29) is 16.5 Å². The molecule has 0 saturated heterocycles. The van der Waals surface area contributed by atoms with Crippen LogP contribution in [0.1, 0.15) is 21.5 Å². The molecule has 0 fully saturated rings. The predicted octanol–water partition coefficient (Wildman–Crippen LogP) is 4.89. The van der Waals surface area contributed by atoms with Crippen molar-refractivity contribution < 1.29 is 27.1 Å². The molecule has 0 spiro atoms. The van der Waals surface area contributed by atoms with Crippen LogP contribution in [0.3, 0.4) is 0 Å². The summed E-state index contributed by atoms with van der Waals surface area (Å²) >= 11 is 0. The Hall–Kier alpha value is -4.11. The molecule has 180 valence electrons. The monoisotopic (exact) mass is 492 g/mol. The summed E-state index contributed by atoms with van der Waals surface area (Å²) in [4.78, 5) is 16.8. The molecular formula is C26H24N2O6S. The number of sulfone groups is 1. The van der Waals surface area contributed by atoms with E-state index in [1.165, 1.54) is 32.5 Å². The number of nitrogens with one attached hydrogen (secondary N) is 1. The van der Waals surface area contributed by atoms with Crippen LogP contribution in [0.5, 0.6) is 5.75 Å². The maximum absolute atomic E-state index is 13.4. The van der Waals surface area contributed by atoms with Crippen molar-refractivity contribution in [2.75, 3.05) is 19.5 Å². The van der Waals surface area contributed by atoms with Gasteiger partial charge in [0, 0.05) is 23.9 Å². The minimum atomic E-state index is -3.91. The number of esters is 1. The van der Waals surface area contributed by atoms with E-state index < -0.39 is 15.8 Å². The van der Waals surface area contributed by atoms with Crippen LogP contribution >= 0.6 is 0 Å². The van der Waals surface area contributed by atoms with Gasteiger partial charge in [0.25, 0.3) is 0 Å². The first kappa shape index (κ1) is 24.0. The second-order valence-corrected chi connectivity index (χ2v) is 9.57. The molecule has 9 heteroatoms. The molecule has 2 aromatic carbocycles. The number of pyridine rings is 1. The van der Waals surface area contributed by atoms with Gasteiger partial charge in [-0.2, -0.15) is 0 Å². The van der Waals surface area contributed by atoms with E-state index in [0.717, 1.165) is 5.56 Å². The van der Waals surface area contributed by atoms with Crippen molar-refractivity contribution in [3.8, 4) is 17.1 Å². The molecule has 0 radical (unpaired) electrons. The zero-order chi connectivity index (χ0) is 25.0. The highest BCUT2D eigenvalue weighted by Crippen LogP contribution is 2.34. The number of furan rings is 1. The molecule has 0 saturated carbocycles. The second kappa shape index (κ2) is 10.0. The fourth-order valence-electron chi connectivity index (χ4n) is 3.72. The summed E-state index contributed by atoms with van der Waals surface area (Å²) in [5, 5.41) is 3.15. The molecule has 0 aliphatic heterocycles. The quantitative estimate of drug-likeness (QED) is 0.347. The largest absolute Gasteiger partial charge is 0.497 e. The molecular weight excluding hydrogens is 468 g/mol. The topological polar surface area (TPSA) is 108 Å². The molecule has 4 aromatic rings. The molecule has 2 heterocycles. The van der Waals surface area contributed by atoms with Gasteiger partial charge in [-0.1, -0.05) is 6.07 Å².